The molecular formula is C18H30N2O4S. The van der Waals surface area contributed by atoms with Gasteiger partial charge in [0.2, 0.25) is 10.0 Å². The molecular weight excluding hydrogens is 340 g/mol. The van der Waals surface area contributed by atoms with Gasteiger partial charge in [0.05, 0.1) is 19.1 Å². The van der Waals surface area contributed by atoms with Crippen molar-refractivity contribution < 1.29 is 17.9 Å². The summed E-state index contributed by atoms with van der Waals surface area (Å²) in [6, 6.07) is 3.20. The van der Waals surface area contributed by atoms with Crippen LogP contribution in [-0.4, -0.2) is 53.7 Å². The van der Waals surface area contributed by atoms with Crippen LogP contribution in [0.1, 0.15) is 31.7 Å². The van der Waals surface area contributed by atoms with E-state index >= 15 is 0 Å². The van der Waals surface area contributed by atoms with E-state index in [1.165, 1.54) is 39.5 Å². The lowest BCUT2D eigenvalue weighted by Crippen LogP contribution is -2.38. The molecule has 25 heavy (non-hydrogen) atoms. The summed E-state index contributed by atoms with van der Waals surface area (Å²) in [5.74, 6) is 1.19. The Morgan fingerprint density at radius 1 is 1.12 bits per heavy atom. The van der Waals surface area contributed by atoms with Crippen molar-refractivity contribution in [3.8, 4) is 11.5 Å². The number of aryl methyl sites for hydroxylation is 1. The van der Waals surface area contributed by atoms with Crippen LogP contribution < -0.4 is 14.2 Å². The molecule has 0 radical (unpaired) electrons. The molecule has 1 unspecified atom stereocenters. The van der Waals surface area contributed by atoms with E-state index in [1.807, 2.05) is 0 Å². The lowest BCUT2D eigenvalue weighted by molar-refractivity contribution is 0.201. The van der Waals surface area contributed by atoms with E-state index in [-0.39, 0.29) is 10.8 Å². The van der Waals surface area contributed by atoms with Gasteiger partial charge in [-0.05, 0) is 50.4 Å². The molecule has 6 nitrogen and oxygen atoms in total. The summed E-state index contributed by atoms with van der Waals surface area (Å²) in [5, 5.41) is 0. The fourth-order valence-electron chi connectivity index (χ4n) is 3.23. The molecule has 1 heterocycles. The van der Waals surface area contributed by atoms with E-state index in [0.717, 1.165) is 19.6 Å². The summed E-state index contributed by atoms with van der Waals surface area (Å²) in [7, 11) is -0.557. The number of ether oxygens (including phenoxy) is 2. The Kier molecular flexibility index (Phi) is 7.10. The average molecular weight is 371 g/mol. The molecule has 1 aliphatic heterocycles. The molecule has 0 saturated carbocycles. The molecule has 0 amide bonds. The van der Waals surface area contributed by atoms with Crippen molar-refractivity contribution in [1.82, 2.24) is 9.62 Å². The van der Waals surface area contributed by atoms with Gasteiger partial charge in [0.1, 0.15) is 0 Å². The highest BCUT2D eigenvalue weighted by Gasteiger charge is 2.21. The first-order valence-corrected chi connectivity index (χ1v) is 10.3. The highest BCUT2D eigenvalue weighted by Crippen LogP contribution is 2.32. The summed E-state index contributed by atoms with van der Waals surface area (Å²) in [6.07, 6.45) is 3.78. The maximum Gasteiger partial charge on any atom is 0.240 e. The van der Waals surface area contributed by atoms with E-state index in [9.17, 15) is 8.42 Å². The van der Waals surface area contributed by atoms with E-state index in [4.69, 9.17) is 9.47 Å². The third kappa shape index (κ3) is 5.33. The van der Waals surface area contributed by atoms with Crippen molar-refractivity contribution in [3.63, 3.8) is 0 Å². The third-order valence-electron chi connectivity index (χ3n) is 4.61. The Morgan fingerprint density at radius 2 is 1.72 bits per heavy atom. The SMILES string of the molecule is COc1cc(C)c(S(=O)(=O)NCC(C)CN2CCCCC2)cc1OC. The van der Waals surface area contributed by atoms with Crippen LogP contribution in [0.5, 0.6) is 11.5 Å². The fraction of sp³-hybridized carbons (Fsp3) is 0.667. The molecule has 0 bridgehead atoms. The summed E-state index contributed by atoms with van der Waals surface area (Å²) in [6.45, 7) is 7.42. The molecule has 1 atom stereocenters. The number of piperidine rings is 1. The van der Waals surface area contributed by atoms with E-state index in [2.05, 4.69) is 16.5 Å². The number of nitrogens with one attached hydrogen (secondary N) is 1. The average Bonchev–Trinajstić information content (AvgIpc) is 2.60. The van der Waals surface area contributed by atoms with Gasteiger partial charge in [-0.15, -0.1) is 0 Å². The van der Waals surface area contributed by atoms with Crippen LogP contribution in [0, 0.1) is 12.8 Å². The van der Waals surface area contributed by atoms with Crippen LogP contribution >= 0.6 is 0 Å². The third-order valence-corrected chi connectivity index (χ3v) is 6.18. The first kappa shape index (κ1) is 20.0. The van der Waals surface area contributed by atoms with Gasteiger partial charge in [-0.1, -0.05) is 13.3 Å². The molecule has 1 aromatic rings. The van der Waals surface area contributed by atoms with Gasteiger partial charge in [-0.3, -0.25) is 0 Å². The molecule has 1 aromatic carbocycles. The normalized spacial score (nSPS) is 17.3. The summed E-state index contributed by atoms with van der Waals surface area (Å²) < 4.78 is 38.6. The number of nitrogens with zero attached hydrogens (tertiary/aromatic N) is 1. The van der Waals surface area contributed by atoms with E-state index in [0.29, 0.717) is 23.6 Å². The predicted molar refractivity (Wildman–Crippen MR) is 98.9 cm³/mol. The van der Waals surface area contributed by atoms with Gasteiger partial charge in [-0.2, -0.15) is 0 Å². The summed E-state index contributed by atoms with van der Waals surface area (Å²) in [5.41, 5.74) is 0.633. The number of hydrogen-bond donors (Lipinski definition) is 1. The zero-order valence-electron chi connectivity index (χ0n) is 15.7. The standard InChI is InChI=1S/C18H30N2O4S/c1-14(13-20-8-6-5-7-9-20)12-19-25(21,22)18-11-17(24-4)16(23-3)10-15(18)2/h10-11,14,19H,5-9,12-13H2,1-4H3. The Bertz CT molecular complexity index is 670. The number of rotatable bonds is 8. The van der Waals surface area contributed by atoms with Gasteiger partial charge < -0.3 is 14.4 Å². The Labute approximate surface area is 151 Å². The number of benzene rings is 1. The molecule has 142 valence electrons. The first-order chi connectivity index (χ1) is 11.9. The van der Waals surface area contributed by atoms with Crippen LogP contribution in [0.25, 0.3) is 0 Å². The topological polar surface area (TPSA) is 67.9 Å². The van der Waals surface area contributed by atoms with Crippen molar-refractivity contribution in [1.29, 1.82) is 0 Å². The first-order valence-electron chi connectivity index (χ1n) is 8.82. The lowest BCUT2D eigenvalue weighted by Gasteiger charge is -2.29. The molecule has 1 N–H and O–H groups in total. The monoisotopic (exact) mass is 370 g/mol. The molecule has 1 saturated heterocycles. The molecule has 0 aromatic heterocycles. The number of hydrogen-bond acceptors (Lipinski definition) is 5. The van der Waals surface area contributed by atoms with Gasteiger partial charge in [0, 0.05) is 19.2 Å². The minimum absolute atomic E-state index is 0.232. The highest BCUT2D eigenvalue weighted by molar-refractivity contribution is 7.89. The summed E-state index contributed by atoms with van der Waals surface area (Å²) in [4.78, 5) is 2.65. The van der Waals surface area contributed by atoms with Crippen LogP contribution in [0.2, 0.25) is 0 Å². The fourth-order valence-corrected chi connectivity index (χ4v) is 4.63. The minimum atomic E-state index is -3.59. The largest absolute Gasteiger partial charge is 0.493 e. The Morgan fingerprint density at radius 3 is 2.32 bits per heavy atom. The van der Waals surface area contributed by atoms with Crippen molar-refractivity contribution in [2.75, 3.05) is 40.4 Å². The van der Waals surface area contributed by atoms with E-state index in [1.54, 1.807) is 13.0 Å². The van der Waals surface area contributed by atoms with Gasteiger partial charge >= 0.3 is 0 Å². The summed E-state index contributed by atoms with van der Waals surface area (Å²) >= 11 is 0. The second-order valence-electron chi connectivity index (χ2n) is 6.79. The number of methoxy groups -OCH3 is 2. The molecule has 7 heteroatoms. The highest BCUT2D eigenvalue weighted by atomic mass is 32.2. The zero-order valence-corrected chi connectivity index (χ0v) is 16.5. The second kappa shape index (κ2) is 8.87. The predicted octanol–water partition coefficient (Wildman–Crippen LogP) is 2.41. The van der Waals surface area contributed by atoms with Crippen molar-refractivity contribution in [2.45, 2.75) is 38.0 Å². The number of likely N-dealkylation sites (tertiary alicyclic amines) is 1. The quantitative estimate of drug-likeness (QED) is 0.761. The van der Waals surface area contributed by atoms with E-state index < -0.39 is 10.0 Å². The van der Waals surface area contributed by atoms with Crippen LogP contribution in [0.3, 0.4) is 0 Å². The molecule has 0 aliphatic carbocycles. The molecule has 1 aliphatic rings. The minimum Gasteiger partial charge on any atom is -0.493 e. The maximum atomic E-state index is 12.7. The van der Waals surface area contributed by atoms with Gasteiger partial charge in [0.25, 0.3) is 0 Å². The van der Waals surface area contributed by atoms with Crippen LogP contribution in [0.15, 0.2) is 17.0 Å². The smallest absolute Gasteiger partial charge is 0.240 e. The van der Waals surface area contributed by atoms with Gasteiger partial charge in [0.15, 0.2) is 11.5 Å². The van der Waals surface area contributed by atoms with Crippen LogP contribution in [0.4, 0.5) is 0 Å². The molecule has 2 rings (SSSR count). The lowest BCUT2D eigenvalue weighted by atomic mass is 10.1. The number of sulfonamides is 1. The Balaban J connectivity index is 2.03. The van der Waals surface area contributed by atoms with Gasteiger partial charge in [-0.25, -0.2) is 13.1 Å². The second-order valence-corrected chi connectivity index (χ2v) is 8.53. The zero-order chi connectivity index (χ0) is 18.4. The Hall–Kier alpha value is -1.31. The van der Waals surface area contributed by atoms with Crippen LogP contribution in [-0.2, 0) is 10.0 Å². The van der Waals surface area contributed by atoms with Crippen molar-refractivity contribution in [2.24, 2.45) is 5.92 Å². The van der Waals surface area contributed by atoms with Crippen molar-refractivity contribution >= 4 is 10.0 Å². The maximum absolute atomic E-state index is 12.7. The molecule has 0 spiro atoms. The molecule has 1 fully saturated rings. The van der Waals surface area contributed by atoms with Crippen molar-refractivity contribution in [3.05, 3.63) is 17.7 Å².